The van der Waals surface area contributed by atoms with E-state index in [0.717, 1.165) is 0 Å². The number of pyridine rings is 1. The minimum Gasteiger partial charge on any atom is -0.397 e. The lowest BCUT2D eigenvalue weighted by molar-refractivity contribution is -0.144. The third-order valence-electron chi connectivity index (χ3n) is 5.04. The summed E-state index contributed by atoms with van der Waals surface area (Å²) in [5, 5.41) is 14.7. The van der Waals surface area contributed by atoms with E-state index in [1.165, 1.54) is 4.90 Å². The van der Waals surface area contributed by atoms with Gasteiger partial charge < -0.3 is 26.0 Å². The second-order valence-electron chi connectivity index (χ2n) is 6.99. The standard InChI is InChI=1S/C20H19N5O4/c1-25-8-7-20(28,19(25)27)16-10-15(24-29-16)12-4-2-3-11(9-12)14-6-5-13(21)17(23-14)18(22)26/h2-6,9-10,28H,7-8,21H2,1H3,(H2,22,26). The van der Waals surface area contributed by atoms with Crippen LogP contribution in [0.25, 0.3) is 22.5 Å². The van der Waals surface area contributed by atoms with Gasteiger partial charge in [0.25, 0.3) is 11.8 Å². The van der Waals surface area contributed by atoms with Gasteiger partial charge in [0.15, 0.2) is 11.5 Å². The van der Waals surface area contributed by atoms with Gasteiger partial charge in [0, 0.05) is 37.2 Å². The molecule has 1 saturated heterocycles. The average molecular weight is 393 g/mol. The Bertz CT molecular complexity index is 1130. The van der Waals surface area contributed by atoms with Gasteiger partial charge in [0.1, 0.15) is 5.69 Å². The number of likely N-dealkylation sites (N-methyl/N-ethyl adjacent to an activating group) is 1. The molecule has 0 saturated carbocycles. The topological polar surface area (TPSA) is 149 Å². The zero-order chi connectivity index (χ0) is 20.8. The molecule has 5 N–H and O–H groups in total. The smallest absolute Gasteiger partial charge is 0.269 e. The normalized spacial score (nSPS) is 19.0. The maximum absolute atomic E-state index is 12.3. The van der Waals surface area contributed by atoms with Crippen LogP contribution in [0.5, 0.6) is 0 Å². The summed E-state index contributed by atoms with van der Waals surface area (Å²) in [6, 6.07) is 12.0. The van der Waals surface area contributed by atoms with E-state index >= 15 is 0 Å². The van der Waals surface area contributed by atoms with Crippen LogP contribution in [0.4, 0.5) is 5.69 Å². The van der Waals surface area contributed by atoms with Crippen LogP contribution in [0.2, 0.25) is 0 Å². The summed E-state index contributed by atoms with van der Waals surface area (Å²) in [6.45, 7) is 0.436. The highest BCUT2D eigenvalue weighted by atomic mass is 16.5. The Morgan fingerprint density at radius 1 is 1.21 bits per heavy atom. The third-order valence-corrected chi connectivity index (χ3v) is 5.04. The van der Waals surface area contributed by atoms with Gasteiger partial charge >= 0.3 is 0 Å². The SMILES string of the molecule is CN1CCC(O)(c2cc(-c3cccc(-c4ccc(N)c(C(N)=O)n4)c3)no2)C1=O. The number of anilines is 1. The van der Waals surface area contributed by atoms with E-state index in [1.54, 1.807) is 37.4 Å². The lowest BCUT2D eigenvalue weighted by Crippen LogP contribution is -2.35. The fraction of sp³-hybridized carbons (Fsp3) is 0.200. The molecule has 2 aromatic heterocycles. The molecule has 1 aromatic carbocycles. The van der Waals surface area contributed by atoms with E-state index in [-0.39, 0.29) is 23.6 Å². The fourth-order valence-corrected chi connectivity index (χ4v) is 3.35. The van der Waals surface area contributed by atoms with Crippen LogP contribution < -0.4 is 11.5 Å². The van der Waals surface area contributed by atoms with E-state index in [1.807, 2.05) is 12.1 Å². The van der Waals surface area contributed by atoms with Crippen molar-refractivity contribution in [3.8, 4) is 22.5 Å². The first-order valence-corrected chi connectivity index (χ1v) is 8.92. The van der Waals surface area contributed by atoms with Crippen LogP contribution in [-0.2, 0) is 10.4 Å². The number of carbonyl (C=O) groups is 2. The van der Waals surface area contributed by atoms with Crippen LogP contribution in [0.15, 0.2) is 47.0 Å². The number of likely N-dealkylation sites (tertiary alicyclic amines) is 1. The Morgan fingerprint density at radius 3 is 2.59 bits per heavy atom. The van der Waals surface area contributed by atoms with Gasteiger partial charge in [-0.1, -0.05) is 23.4 Å². The number of nitrogens with two attached hydrogens (primary N) is 2. The van der Waals surface area contributed by atoms with Crippen LogP contribution in [0, 0.1) is 0 Å². The Kier molecular flexibility index (Phi) is 4.31. The lowest BCUT2D eigenvalue weighted by Gasteiger charge is -2.16. The molecule has 4 rings (SSSR count). The van der Waals surface area contributed by atoms with Crippen LogP contribution in [0.3, 0.4) is 0 Å². The zero-order valence-corrected chi connectivity index (χ0v) is 15.6. The molecule has 3 aromatic rings. The van der Waals surface area contributed by atoms with Crippen LogP contribution in [0.1, 0.15) is 22.7 Å². The van der Waals surface area contributed by atoms with Crippen molar-refractivity contribution in [2.24, 2.45) is 5.73 Å². The Balaban J connectivity index is 1.69. The van der Waals surface area contributed by atoms with Crippen molar-refractivity contribution in [2.75, 3.05) is 19.3 Å². The highest BCUT2D eigenvalue weighted by Crippen LogP contribution is 2.35. The number of aromatic nitrogens is 2. The van der Waals surface area contributed by atoms with Gasteiger partial charge in [0.2, 0.25) is 5.60 Å². The molecule has 148 valence electrons. The van der Waals surface area contributed by atoms with Crippen molar-refractivity contribution in [2.45, 2.75) is 12.0 Å². The van der Waals surface area contributed by atoms with Crippen LogP contribution in [-0.4, -0.2) is 45.6 Å². The summed E-state index contributed by atoms with van der Waals surface area (Å²) in [6.07, 6.45) is 0.238. The van der Waals surface area contributed by atoms with E-state index in [4.69, 9.17) is 16.0 Å². The molecule has 9 nitrogen and oxygen atoms in total. The largest absolute Gasteiger partial charge is 0.397 e. The molecule has 1 unspecified atom stereocenters. The summed E-state index contributed by atoms with van der Waals surface area (Å²) < 4.78 is 5.30. The monoisotopic (exact) mass is 393 g/mol. The highest BCUT2D eigenvalue weighted by molar-refractivity contribution is 5.96. The Morgan fingerprint density at radius 2 is 1.93 bits per heavy atom. The predicted octanol–water partition coefficient (Wildman–Crippen LogP) is 1.13. The second kappa shape index (κ2) is 6.71. The first-order valence-electron chi connectivity index (χ1n) is 8.92. The first-order chi connectivity index (χ1) is 13.8. The molecular formula is C20H19N5O4. The number of benzene rings is 1. The molecule has 1 aliphatic rings. The van der Waals surface area contributed by atoms with Crippen molar-refractivity contribution < 1.29 is 19.2 Å². The van der Waals surface area contributed by atoms with Crippen molar-refractivity contribution in [1.29, 1.82) is 0 Å². The summed E-state index contributed by atoms with van der Waals surface area (Å²) in [7, 11) is 1.63. The lowest BCUT2D eigenvalue weighted by atomic mass is 9.97. The van der Waals surface area contributed by atoms with E-state index in [0.29, 0.717) is 29.1 Å². The molecule has 1 fully saturated rings. The number of hydrogen-bond donors (Lipinski definition) is 3. The summed E-state index contributed by atoms with van der Waals surface area (Å²) in [4.78, 5) is 29.5. The van der Waals surface area contributed by atoms with Gasteiger partial charge in [-0.2, -0.15) is 0 Å². The number of amides is 2. The quantitative estimate of drug-likeness (QED) is 0.601. The van der Waals surface area contributed by atoms with Crippen LogP contribution >= 0.6 is 0 Å². The molecule has 0 spiro atoms. The van der Waals surface area contributed by atoms with E-state index < -0.39 is 17.4 Å². The van der Waals surface area contributed by atoms with Crippen molar-refractivity contribution in [1.82, 2.24) is 15.0 Å². The molecule has 2 amide bonds. The van der Waals surface area contributed by atoms with E-state index in [2.05, 4.69) is 10.1 Å². The summed E-state index contributed by atoms with van der Waals surface area (Å²) >= 11 is 0. The average Bonchev–Trinajstić information content (AvgIpc) is 3.31. The summed E-state index contributed by atoms with van der Waals surface area (Å²) in [5.41, 5.74) is 12.0. The zero-order valence-electron chi connectivity index (χ0n) is 15.6. The fourth-order valence-electron chi connectivity index (χ4n) is 3.35. The molecule has 0 bridgehead atoms. The number of primary amides is 1. The maximum Gasteiger partial charge on any atom is 0.269 e. The van der Waals surface area contributed by atoms with Crippen molar-refractivity contribution >= 4 is 17.5 Å². The molecule has 9 heteroatoms. The van der Waals surface area contributed by atoms with Crippen molar-refractivity contribution in [3.05, 3.63) is 53.9 Å². The Labute approximate surface area is 165 Å². The number of nitrogens with zero attached hydrogens (tertiary/aromatic N) is 3. The van der Waals surface area contributed by atoms with Gasteiger partial charge in [-0.05, 0) is 18.2 Å². The number of carbonyl (C=O) groups excluding carboxylic acids is 2. The molecule has 29 heavy (non-hydrogen) atoms. The minimum absolute atomic E-state index is 0.00251. The van der Waals surface area contributed by atoms with Gasteiger partial charge in [0.05, 0.1) is 11.4 Å². The molecular weight excluding hydrogens is 374 g/mol. The molecule has 1 atom stereocenters. The van der Waals surface area contributed by atoms with Gasteiger partial charge in [-0.15, -0.1) is 0 Å². The molecule has 0 radical (unpaired) electrons. The van der Waals surface area contributed by atoms with Crippen molar-refractivity contribution in [3.63, 3.8) is 0 Å². The minimum atomic E-state index is -1.70. The van der Waals surface area contributed by atoms with E-state index in [9.17, 15) is 14.7 Å². The molecule has 0 aliphatic carbocycles. The number of nitrogen functional groups attached to an aromatic ring is 1. The highest BCUT2D eigenvalue weighted by Gasteiger charge is 2.48. The number of aliphatic hydroxyl groups is 1. The first kappa shape index (κ1) is 18.6. The molecule has 1 aliphatic heterocycles. The predicted molar refractivity (Wildman–Crippen MR) is 104 cm³/mol. The van der Waals surface area contributed by atoms with Gasteiger partial charge in [-0.3, -0.25) is 9.59 Å². The molecule has 3 heterocycles. The Hall–Kier alpha value is -3.72. The maximum atomic E-state index is 12.3. The second-order valence-corrected chi connectivity index (χ2v) is 6.99. The summed E-state index contributed by atoms with van der Waals surface area (Å²) in [5.74, 6) is -1.02. The third kappa shape index (κ3) is 3.11. The van der Waals surface area contributed by atoms with Gasteiger partial charge in [-0.25, -0.2) is 4.98 Å². The number of rotatable bonds is 4. The number of hydrogen-bond acceptors (Lipinski definition) is 7.